The monoisotopic (exact) mass is 492 g/mol. The van der Waals surface area contributed by atoms with Gasteiger partial charge in [-0.15, -0.1) is 22.7 Å². The van der Waals surface area contributed by atoms with Crippen LogP contribution in [0, 0.1) is 0 Å². The molecule has 0 amide bonds. The molecular formula is C20H30Br2S2. The molecule has 0 nitrogen and oxygen atoms in total. The Balaban J connectivity index is 0.000000891. The molecule has 0 aliphatic rings. The van der Waals surface area contributed by atoms with Crippen LogP contribution in [0.1, 0.15) is 77.3 Å². The molecule has 0 radical (unpaired) electrons. The fourth-order valence-corrected chi connectivity index (χ4v) is 6.16. The largest absolute Gasteiger partial charge is 0.127 e. The second kappa shape index (κ2) is 12.7. The third-order valence-corrected chi connectivity index (χ3v) is 7.11. The number of aryl methyl sites for hydroxylation is 2. The number of thiophene rings is 2. The molecule has 0 spiro atoms. The van der Waals surface area contributed by atoms with Crippen LogP contribution in [-0.4, -0.2) is 0 Å². The molecular weight excluding hydrogens is 464 g/mol. The highest BCUT2D eigenvalue weighted by Crippen LogP contribution is 2.43. The van der Waals surface area contributed by atoms with Crippen molar-refractivity contribution in [1.82, 2.24) is 0 Å². The van der Waals surface area contributed by atoms with Gasteiger partial charge in [-0.3, -0.25) is 0 Å². The van der Waals surface area contributed by atoms with Crippen molar-refractivity contribution in [2.75, 3.05) is 0 Å². The van der Waals surface area contributed by atoms with Crippen molar-refractivity contribution in [3.8, 4) is 9.75 Å². The van der Waals surface area contributed by atoms with Gasteiger partial charge >= 0.3 is 0 Å². The van der Waals surface area contributed by atoms with Gasteiger partial charge in [0.1, 0.15) is 0 Å². The van der Waals surface area contributed by atoms with E-state index in [0.717, 1.165) is 0 Å². The minimum absolute atomic E-state index is 1.17. The van der Waals surface area contributed by atoms with Crippen LogP contribution in [0.15, 0.2) is 19.7 Å². The van der Waals surface area contributed by atoms with E-state index in [1.165, 1.54) is 79.8 Å². The molecule has 4 heteroatoms. The van der Waals surface area contributed by atoms with Crippen molar-refractivity contribution in [2.45, 2.75) is 79.1 Å². The molecule has 136 valence electrons. The normalized spacial score (nSPS) is 10.6. The van der Waals surface area contributed by atoms with E-state index in [2.05, 4.69) is 71.7 Å². The van der Waals surface area contributed by atoms with Gasteiger partial charge in [0.2, 0.25) is 0 Å². The van der Waals surface area contributed by atoms with Gasteiger partial charge in [-0.05, 0) is 74.4 Å². The molecule has 0 unspecified atom stereocenters. The van der Waals surface area contributed by atoms with E-state index in [4.69, 9.17) is 0 Å². The zero-order valence-electron chi connectivity index (χ0n) is 15.4. The molecule has 0 aliphatic heterocycles. The number of hydrogen-bond acceptors (Lipinski definition) is 2. The summed E-state index contributed by atoms with van der Waals surface area (Å²) in [4.78, 5) is 2.96. The molecule has 0 atom stereocenters. The lowest BCUT2D eigenvalue weighted by Crippen LogP contribution is -1.88. The van der Waals surface area contributed by atoms with Gasteiger partial charge in [0.05, 0.1) is 7.57 Å². The smallest absolute Gasteiger partial charge is 0.0708 e. The first-order chi connectivity index (χ1) is 11.6. The van der Waals surface area contributed by atoms with E-state index in [1.807, 2.05) is 22.7 Å². The van der Waals surface area contributed by atoms with Crippen LogP contribution < -0.4 is 0 Å². The van der Waals surface area contributed by atoms with E-state index in [1.54, 1.807) is 0 Å². The predicted molar refractivity (Wildman–Crippen MR) is 121 cm³/mol. The predicted octanol–water partition coefficient (Wildman–Crippen LogP) is 9.49. The maximum Gasteiger partial charge on any atom is 0.0708 e. The van der Waals surface area contributed by atoms with E-state index >= 15 is 0 Å². The summed E-state index contributed by atoms with van der Waals surface area (Å²) in [5, 5.41) is 0. The second-order valence-electron chi connectivity index (χ2n) is 6.08. The topological polar surface area (TPSA) is 0 Å². The van der Waals surface area contributed by atoms with Gasteiger partial charge in [0.25, 0.3) is 0 Å². The van der Waals surface area contributed by atoms with E-state index < -0.39 is 0 Å². The zero-order chi connectivity index (χ0) is 17.9. The highest BCUT2D eigenvalue weighted by molar-refractivity contribution is 9.11. The van der Waals surface area contributed by atoms with Gasteiger partial charge in [-0.2, -0.15) is 0 Å². The van der Waals surface area contributed by atoms with Gasteiger partial charge in [0, 0.05) is 9.75 Å². The van der Waals surface area contributed by atoms with Crippen molar-refractivity contribution in [3.63, 3.8) is 0 Å². The summed E-state index contributed by atoms with van der Waals surface area (Å²) in [5.41, 5.74) is 3.02. The molecule has 24 heavy (non-hydrogen) atoms. The second-order valence-corrected chi connectivity index (χ2v) is 10.9. The van der Waals surface area contributed by atoms with Crippen LogP contribution in [-0.2, 0) is 12.8 Å². The molecule has 0 saturated carbocycles. The molecule has 0 fully saturated rings. The molecule has 0 aromatic carbocycles. The van der Waals surface area contributed by atoms with E-state index in [9.17, 15) is 0 Å². The van der Waals surface area contributed by atoms with Gasteiger partial charge < -0.3 is 0 Å². The fraction of sp³-hybridized carbons (Fsp3) is 0.600. The Morgan fingerprint density at radius 2 is 1.21 bits per heavy atom. The van der Waals surface area contributed by atoms with Crippen LogP contribution in [0.2, 0.25) is 0 Å². The van der Waals surface area contributed by atoms with Crippen LogP contribution in [0.5, 0.6) is 0 Å². The Bertz CT molecular complexity index is 584. The van der Waals surface area contributed by atoms with Crippen LogP contribution >= 0.6 is 54.5 Å². The van der Waals surface area contributed by atoms with Crippen molar-refractivity contribution >= 4 is 54.5 Å². The Labute approximate surface area is 173 Å². The molecule has 2 heterocycles. The third-order valence-electron chi connectivity index (χ3n) is 3.58. The number of rotatable bonds is 8. The highest BCUT2D eigenvalue weighted by Gasteiger charge is 2.16. The summed E-state index contributed by atoms with van der Waals surface area (Å²) in [6.45, 7) is 8.78. The van der Waals surface area contributed by atoms with Crippen LogP contribution in [0.4, 0.5) is 0 Å². The summed E-state index contributed by atoms with van der Waals surface area (Å²) < 4.78 is 2.51. The Morgan fingerprint density at radius 1 is 0.708 bits per heavy atom. The first kappa shape index (κ1) is 22.4. The van der Waals surface area contributed by atoms with E-state index in [-0.39, 0.29) is 0 Å². The lowest BCUT2D eigenvalue weighted by Gasteiger charge is -2.05. The van der Waals surface area contributed by atoms with Crippen LogP contribution in [0.3, 0.4) is 0 Å². The summed E-state index contributed by atoms with van der Waals surface area (Å²) in [6.07, 6.45) is 10.1. The SMILES string of the molecule is CCC.CCCCCCc1cc(Br)sc1-c1sc(Br)cc1CCC. The number of unbranched alkanes of at least 4 members (excludes halogenated alkanes) is 3. The van der Waals surface area contributed by atoms with Crippen molar-refractivity contribution in [2.24, 2.45) is 0 Å². The molecule has 2 aromatic heterocycles. The van der Waals surface area contributed by atoms with Crippen molar-refractivity contribution in [1.29, 1.82) is 0 Å². The van der Waals surface area contributed by atoms with E-state index in [0.29, 0.717) is 0 Å². The molecule has 0 aliphatic carbocycles. The Morgan fingerprint density at radius 3 is 1.67 bits per heavy atom. The maximum atomic E-state index is 3.68. The Kier molecular flexibility index (Phi) is 11.8. The third kappa shape index (κ3) is 7.31. The molecule has 0 N–H and O–H groups in total. The first-order valence-electron chi connectivity index (χ1n) is 9.13. The van der Waals surface area contributed by atoms with Crippen molar-refractivity contribution in [3.05, 3.63) is 30.8 Å². The fourth-order valence-electron chi connectivity index (χ4n) is 2.56. The number of halogens is 2. The minimum atomic E-state index is 1.17. The molecule has 2 aromatic rings. The summed E-state index contributed by atoms with van der Waals surface area (Å²) in [6, 6.07) is 4.63. The lowest BCUT2D eigenvalue weighted by molar-refractivity contribution is 0.668. The lowest BCUT2D eigenvalue weighted by atomic mass is 10.0. The van der Waals surface area contributed by atoms with Gasteiger partial charge in [0.15, 0.2) is 0 Å². The average molecular weight is 494 g/mol. The Hall–Kier alpha value is 0.360. The maximum absolute atomic E-state index is 3.68. The summed E-state index contributed by atoms with van der Waals surface area (Å²) in [7, 11) is 0. The minimum Gasteiger partial charge on any atom is -0.127 e. The highest BCUT2D eigenvalue weighted by atomic mass is 79.9. The van der Waals surface area contributed by atoms with Gasteiger partial charge in [-0.25, -0.2) is 0 Å². The number of hydrogen-bond donors (Lipinski definition) is 0. The quantitative estimate of drug-likeness (QED) is 0.321. The van der Waals surface area contributed by atoms with Crippen LogP contribution in [0.25, 0.3) is 9.75 Å². The van der Waals surface area contributed by atoms with Gasteiger partial charge in [-0.1, -0.05) is 59.8 Å². The molecule has 0 saturated heterocycles. The first-order valence-corrected chi connectivity index (χ1v) is 12.4. The summed E-state index contributed by atoms with van der Waals surface area (Å²) >= 11 is 11.1. The standard InChI is InChI=1S/C17H22Br2S2.C3H8/c1-3-5-6-7-9-13-11-15(19)21-17(13)16-12(8-4-2)10-14(18)20-16;1-3-2/h10-11H,3-9H2,1-2H3;3H2,1-2H3. The van der Waals surface area contributed by atoms with Crippen molar-refractivity contribution < 1.29 is 0 Å². The summed E-state index contributed by atoms with van der Waals surface area (Å²) in [5.74, 6) is 0. The zero-order valence-corrected chi connectivity index (χ0v) is 20.2. The molecule has 2 rings (SSSR count). The molecule has 0 bridgehead atoms. The average Bonchev–Trinajstić information content (AvgIpc) is 3.07.